The molecule has 0 nitrogen and oxygen atoms in total. The summed E-state index contributed by atoms with van der Waals surface area (Å²) in [4.78, 5) is 0. The molecule has 0 aliphatic carbocycles. The first-order valence-corrected chi connectivity index (χ1v) is 5.01. The molecule has 0 radical (unpaired) electrons. The van der Waals surface area contributed by atoms with Gasteiger partial charge < -0.3 is 0 Å². The summed E-state index contributed by atoms with van der Waals surface area (Å²) in [7, 11) is 2.59. The Kier molecular flexibility index (Phi) is 4.56. The lowest BCUT2D eigenvalue weighted by atomic mass is 10.5. The first-order valence-electron chi connectivity index (χ1n) is 2.28. The lowest BCUT2D eigenvalue weighted by molar-refractivity contribution is -0.129. The summed E-state index contributed by atoms with van der Waals surface area (Å²) in [5.74, 6) is 0.157. The molecule has 0 spiro atoms. The summed E-state index contributed by atoms with van der Waals surface area (Å²) in [6.07, 6.45) is -2.90. The smallest absolute Gasteiger partial charge is 0.171 e. The van der Waals surface area contributed by atoms with Crippen LogP contribution in [0.1, 0.15) is 6.42 Å². The second kappa shape index (κ2) is 4.33. The predicted molar refractivity (Wildman–Crippen MR) is 36.6 cm³/mol. The van der Waals surface area contributed by atoms with Gasteiger partial charge in [-0.2, -0.15) is 13.2 Å². The standard InChI is InChI=1S/C4H7F3S2/c1-8-9-3-2-4(5,6)7/h2-3H2,1H3. The average molecular weight is 176 g/mol. The predicted octanol–water partition coefficient (Wildman–Crippen LogP) is 2.95. The zero-order valence-electron chi connectivity index (χ0n) is 4.86. The molecule has 0 amide bonds. The van der Waals surface area contributed by atoms with Crippen LogP contribution < -0.4 is 0 Å². The highest BCUT2D eigenvalue weighted by molar-refractivity contribution is 8.76. The van der Waals surface area contributed by atoms with Crippen molar-refractivity contribution >= 4 is 21.6 Å². The van der Waals surface area contributed by atoms with Crippen molar-refractivity contribution < 1.29 is 13.2 Å². The van der Waals surface area contributed by atoms with Gasteiger partial charge in [0.1, 0.15) is 0 Å². The third-order valence-electron chi connectivity index (χ3n) is 0.587. The lowest BCUT2D eigenvalue weighted by Gasteiger charge is -2.02. The van der Waals surface area contributed by atoms with Gasteiger partial charge in [-0.1, -0.05) is 21.6 Å². The van der Waals surface area contributed by atoms with Crippen LogP contribution in [-0.4, -0.2) is 18.2 Å². The molecule has 0 rings (SSSR count). The number of hydrogen-bond donors (Lipinski definition) is 0. The van der Waals surface area contributed by atoms with E-state index in [0.29, 0.717) is 0 Å². The number of rotatable bonds is 3. The van der Waals surface area contributed by atoms with Crippen LogP contribution in [0.4, 0.5) is 13.2 Å². The van der Waals surface area contributed by atoms with Crippen LogP contribution in [-0.2, 0) is 0 Å². The van der Waals surface area contributed by atoms with Gasteiger partial charge in [-0.05, 0) is 6.26 Å². The Bertz CT molecular complexity index is 70.7. The number of hydrogen-bond acceptors (Lipinski definition) is 2. The van der Waals surface area contributed by atoms with E-state index in [9.17, 15) is 13.2 Å². The third-order valence-corrected chi connectivity index (χ3v) is 2.40. The van der Waals surface area contributed by atoms with Crippen molar-refractivity contribution in [3.63, 3.8) is 0 Å². The Morgan fingerprint density at radius 1 is 1.33 bits per heavy atom. The van der Waals surface area contributed by atoms with Crippen molar-refractivity contribution in [2.75, 3.05) is 12.0 Å². The molecular formula is C4H7F3S2. The summed E-state index contributed by atoms with van der Waals surface area (Å²) in [5, 5.41) is 0. The van der Waals surface area contributed by atoms with Crippen molar-refractivity contribution in [3.8, 4) is 0 Å². The SMILES string of the molecule is CSSCCC(F)(F)F. The molecule has 0 N–H and O–H groups in total. The molecule has 5 heteroatoms. The molecule has 0 aliphatic heterocycles. The van der Waals surface area contributed by atoms with Crippen molar-refractivity contribution in [1.82, 2.24) is 0 Å². The Labute approximate surface area is 60.0 Å². The van der Waals surface area contributed by atoms with Crippen LogP contribution in [0.25, 0.3) is 0 Å². The van der Waals surface area contributed by atoms with Crippen molar-refractivity contribution in [3.05, 3.63) is 0 Å². The maximum Gasteiger partial charge on any atom is 0.389 e. The lowest BCUT2D eigenvalue weighted by Crippen LogP contribution is -2.07. The number of alkyl halides is 3. The van der Waals surface area contributed by atoms with Crippen LogP contribution in [0.15, 0.2) is 0 Å². The van der Waals surface area contributed by atoms with Gasteiger partial charge in [0.2, 0.25) is 0 Å². The van der Waals surface area contributed by atoms with Gasteiger partial charge >= 0.3 is 6.18 Å². The summed E-state index contributed by atoms with van der Waals surface area (Å²) in [6, 6.07) is 0. The minimum absolute atomic E-state index is 0.157. The Hall–Kier alpha value is 0.490. The van der Waals surface area contributed by atoms with E-state index in [1.54, 1.807) is 6.26 Å². The van der Waals surface area contributed by atoms with Crippen molar-refractivity contribution in [2.45, 2.75) is 12.6 Å². The van der Waals surface area contributed by atoms with Gasteiger partial charge in [0.25, 0.3) is 0 Å². The van der Waals surface area contributed by atoms with Gasteiger partial charge in [-0.15, -0.1) is 0 Å². The van der Waals surface area contributed by atoms with Crippen molar-refractivity contribution in [1.29, 1.82) is 0 Å². The van der Waals surface area contributed by atoms with Crippen molar-refractivity contribution in [2.24, 2.45) is 0 Å². The largest absolute Gasteiger partial charge is 0.389 e. The normalized spacial score (nSPS) is 12.0. The van der Waals surface area contributed by atoms with Crippen LogP contribution in [0.5, 0.6) is 0 Å². The summed E-state index contributed by atoms with van der Waals surface area (Å²) in [6.45, 7) is 0. The second-order valence-corrected chi connectivity index (χ2v) is 4.04. The second-order valence-electron chi connectivity index (χ2n) is 1.35. The van der Waals surface area contributed by atoms with E-state index in [1.807, 2.05) is 0 Å². The molecule has 0 saturated carbocycles. The zero-order chi connectivity index (χ0) is 7.33. The topological polar surface area (TPSA) is 0 Å². The van der Waals surface area contributed by atoms with E-state index < -0.39 is 12.6 Å². The maximum atomic E-state index is 11.4. The van der Waals surface area contributed by atoms with E-state index in [1.165, 1.54) is 21.6 Å². The molecule has 0 unspecified atom stereocenters. The number of halogens is 3. The van der Waals surface area contributed by atoms with Crippen LogP contribution in [0.3, 0.4) is 0 Å². The van der Waals surface area contributed by atoms with Crippen LogP contribution >= 0.6 is 21.6 Å². The van der Waals surface area contributed by atoms with E-state index in [-0.39, 0.29) is 5.75 Å². The minimum atomic E-state index is -3.98. The Balaban J connectivity index is 3.07. The van der Waals surface area contributed by atoms with Gasteiger partial charge in [0, 0.05) is 5.75 Å². The molecule has 0 fully saturated rings. The molecule has 56 valence electrons. The fraction of sp³-hybridized carbons (Fsp3) is 1.00. The first-order chi connectivity index (χ1) is 4.06. The summed E-state index contributed by atoms with van der Waals surface area (Å²) in [5.41, 5.74) is 0. The summed E-state index contributed by atoms with van der Waals surface area (Å²) < 4.78 is 34.1. The molecule has 0 aromatic carbocycles. The van der Waals surface area contributed by atoms with E-state index in [2.05, 4.69) is 0 Å². The minimum Gasteiger partial charge on any atom is -0.171 e. The zero-order valence-corrected chi connectivity index (χ0v) is 6.50. The molecule has 9 heavy (non-hydrogen) atoms. The van der Waals surface area contributed by atoms with E-state index in [0.717, 1.165) is 0 Å². The van der Waals surface area contributed by atoms with E-state index >= 15 is 0 Å². The maximum absolute atomic E-state index is 11.4. The molecule has 0 bridgehead atoms. The highest BCUT2D eigenvalue weighted by Gasteiger charge is 2.25. The summed E-state index contributed by atoms with van der Waals surface area (Å²) >= 11 is 0. The van der Waals surface area contributed by atoms with Gasteiger partial charge in [0.05, 0.1) is 6.42 Å². The molecule has 0 atom stereocenters. The molecule has 0 aromatic heterocycles. The first kappa shape index (κ1) is 9.49. The molecule has 0 aliphatic rings. The van der Waals surface area contributed by atoms with Crippen LogP contribution in [0, 0.1) is 0 Å². The Morgan fingerprint density at radius 3 is 2.22 bits per heavy atom. The highest BCUT2D eigenvalue weighted by Crippen LogP contribution is 2.25. The van der Waals surface area contributed by atoms with Gasteiger partial charge in [0.15, 0.2) is 0 Å². The molecule has 0 saturated heterocycles. The third kappa shape index (κ3) is 8.49. The van der Waals surface area contributed by atoms with Gasteiger partial charge in [-0.25, -0.2) is 0 Å². The van der Waals surface area contributed by atoms with Crippen LogP contribution in [0.2, 0.25) is 0 Å². The fourth-order valence-electron chi connectivity index (χ4n) is 0.241. The highest BCUT2D eigenvalue weighted by atomic mass is 33.1. The fourth-order valence-corrected chi connectivity index (χ4v) is 1.47. The molecular weight excluding hydrogens is 169 g/mol. The molecule has 0 aromatic rings. The average Bonchev–Trinajstić information content (AvgIpc) is 1.63. The Morgan fingerprint density at radius 2 is 1.89 bits per heavy atom. The quantitative estimate of drug-likeness (QED) is 0.479. The molecule has 0 heterocycles. The monoisotopic (exact) mass is 176 g/mol. The van der Waals surface area contributed by atoms with Gasteiger partial charge in [-0.3, -0.25) is 0 Å². The van der Waals surface area contributed by atoms with E-state index in [4.69, 9.17) is 0 Å².